The molecule has 0 spiro atoms. The van der Waals surface area contributed by atoms with Gasteiger partial charge < -0.3 is 13.4 Å². The summed E-state index contributed by atoms with van der Waals surface area (Å²) in [6.07, 6.45) is -4.83. The Morgan fingerprint density at radius 2 is 1.00 bits per heavy atom. The fraction of sp³-hybridized carbons (Fsp3) is 0.0192. The van der Waals surface area contributed by atoms with E-state index in [1.54, 1.807) is 10.6 Å². The van der Waals surface area contributed by atoms with Crippen molar-refractivity contribution in [1.82, 2.24) is 23.9 Å². The van der Waals surface area contributed by atoms with Gasteiger partial charge in [0, 0.05) is 59.8 Å². The van der Waals surface area contributed by atoms with Crippen molar-refractivity contribution in [2.75, 3.05) is 0 Å². The van der Waals surface area contributed by atoms with Crippen LogP contribution in [0.5, 0.6) is 0 Å². The highest BCUT2D eigenvalue weighted by molar-refractivity contribution is 6.33. The van der Waals surface area contributed by atoms with Crippen LogP contribution < -0.4 is 0 Å². The van der Waals surface area contributed by atoms with Crippen molar-refractivity contribution in [3.05, 3.63) is 175 Å². The van der Waals surface area contributed by atoms with E-state index in [9.17, 15) is 0 Å². The lowest BCUT2D eigenvalue weighted by Crippen LogP contribution is -2.12. The second-order valence-electron chi connectivity index (χ2n) is 15.4. The van der Waals surface area contributed by atoms with Gasteiger partial charge in [-0.05, 0) is 36.4 Å². The summed E-state index contributed by atoms with van der Waals surface area (Å²) < 4.78 is 59.2. The molecule has 61 heavy (non-hydrogen) atoms. The normalized spacial score (nSPS) is 12.5. The molecule has 0 unspecified atom stereocenters. The van der Waals surface area contributed by atoms with E-state index in [4.69, 9.17) is 19.4 Å². The zero-order chi connectivity index (χ0) is 40.6. The van der Waals surface area contributed by atoms with Gasteiger partial charge in [-0.1, -0.05) is 133 Å². The summed E-state index contributed by atoms with van der Waals surface area (Å²) in [6.45, 7) is 0. The minimum atomic E-state index is -4.83. The highest BCUT2D eigenvalue weighted by Gasteiger charge is 2.39. The summed E-state index contributed by atoms with van der Waals surface area (Å²) in [5, 5.41) is 7.12. The Balaban J connectivity index is 1.18. The van der Waals surface area contributed by atoms with Crippen molar-refractivity contribution in [2.45, 2.75) is 6.18 Å². The van der Waals surface area contributed by atoms with Crippen LogP contribution in [0.4, 0.5) is 13.2 Å². The quantitative estimate of drug-likeness (QED) is 0.178. The first-order chi connectivity index (χ1) is 29.9. The molecule has 13 rings (SSSR count). The van der Waals surface area contributed by atoms with Gasteiger partial charge in [-0.3, -0.25) is 0 Å². The van der Waals surface area contributed by atoms with Crippen LogP contribution in [0.1, 0.15) is 5.56 Å². The summed E-state index contributed by atoms with van der Waals surface area (Å²) in [7, 11) is 0. The van der Waals surface area contributed by atoms with Gasteiger partial charge >= 0.3 is 6.18 Å². The molecule has 288 valence electrons. The van der Waals surface area contributed by atoms with E-state index >= 15 is 13.2 Å². The maximum Gasteiger partial charge on any atom is 0.418 e. The molecular formula is C52H28F3N5O. The summed E-state index contributed by atoms with van der Waals surface area (Å²) in [5.41, 5.74) is 5.55. The molecule has 0 fully saturated rings. The Hall–Kier alpha value is -8.04. The molecule has 0 saturated carbocycles. The number of hydrogen-bond acceptors (Lipinski definition) is 4. The Morgan fingerprint density at radius 1 is 0.443 bits per heavy atom. The van der Waals surface area contributed by atoms with E-state index in [-0.39, 0.29) is 22.7 Å². The minimum absolute atomic E-state index is 0.0801. The van der Waals surface area contributed by atoms with E-state index in [2.05, 4.69) is 34.7 Å². The molecule has 13 aromatic rings. The van der Waals surface area contributed by atoms with Crippen LogP contribution in [0.3, 0.4) is 0 Å². The first-order valence-corrected chi connectivity index (χ1v) is 19.9. The second kappa shape index (κ2) is 12.2. The van der Waals surface area contributed by atoms with Crippen LogP contribution in [0, 0.1) is 0 Å². The molecule has 9 heteroatoms. The van der Waals surface area contributed by atoms with Gasteiger partial charge in [-0.15, -0.1) is 0 Å². The molecule has 5 heterocycles. The lowest BCUT2D eigenvalue weighted by atomic mass is 9.99. The highest BCUT2D eigenvalue weighted by atomic mass is 19.4. The summed E-state index contributed by atoms with van der Waals surface area (Å²) >= 11 is 0. The largest absolute Gasteiger partial charge is 0.454 e. The average molecular weight is 796 g/mol. The van der Waals surface area contributed by atoms with Crippen molar-refractivity contribution >= 4 is 81.8 Å². The zero-order valence-corrected chi connectivity index (χ0v) is 31.9. The molecule has 0 aliphatic heterocycles. The van der Waals surface area contributed by atoms with Gasteiger partial charge in [-0.25, -0.2) is 15.0 Å². The lowest BCUT2D eigenvalue weighted by molar-refractivity contribution is -0.137. The molecule has 6 nitrogen and oxygen atoms in total. The zero-order valence-electron chi connectivity index (χ0n) is 31.9. The fourth-order valence-electron chi connectivity index (χ4n) is 9.65. The van der Waals surface area contributed by atoms with Crippen LogP contribution in [0.25, 0.3) is 122 Å². The third-order valence-corrected chi connectivity index (χ3v) is 12.1. The molecule has 0 saturated heterocycles. The molecule has 0 aliphatic carbocycles. The number of rotatable bonds is 4. The first-order valence-electron chi connectivity index (χ1n) is 19.9. The third-order valence-electron chi connectivity index (χ3n) is 12.1. The van der Waals surface area contributed by atoms with Gasteiger partial charge in [-0.2, -0.15) is 13.2 Å². The summed E-state index contributed by atoms with van der Waals surface area (Å²) in [6, 6.07) is 53.7. The van der Waals surface area contributed by atoms with E-state index in [1.165, 1.54) is 6.07 Å². The topological polar surface area (TPSA) is 61.2 Å². The number of benzene rings is 8. The van der Waals surface area contributed by atoms with E-state index in [0.29, 0.717) is 50.2 Å². The van der Waals surface area contributed by atoms with Crippen molar-refractivity contribution < 1.29 is 17.6 Å². The third kappa shape index (κ3) is 4.71. The van der Waals surface area contributed by atoms with Crippen LogP contribution in [0.2, 0.25) is 0 Å². The standard InChI is InChI=1S/C52H28F3N5O/c53-52(54,55)37-28-36(51-57-49(29-14-3-1-4-15-29)56-50(58-51)30-16-5-2-6-17-30)43-34-20-9-12-25-42(34)61-48(43)47(37)60-39-24-11-8-19-33(39)44-40(60)26-27-41-45(44)35-22-13-21-32-31-18-7-10-23-38(31)59(41)46(32)35/h1-28H. The second-order valence-corrected chi connectivity index (χ2v) is 15.4. The highest BCUT2D eigenvalue weighted by Crippen LogP contribution is 2.50. The molecule has 0 radical (unpaired) electrons. The molecular weight excluding hydrogens is 768 g/mol. The van der Waals surface area contributed by atoms with E-state index in [0.717, 1.165) is 48.9 Å². The summed E-state index contributed by atoms with van der Waals surface area (Å²) in [4.78, 5) is 14.6. The number of aromatic nitrogens is 5. The van der Waals surface area contributed by atoms with Gasteiger partial charge in [0.1, 0.15) is 11.3 Å². The van der Waals surface area contributed by atoms with Crippen LogP contribution in [-0.4, -0.2) is 23.9 Å². The van der Waals surface area contributed by atoms with Crippen molar-refractivity contribution in [3.8, 4) is 39.9 Å². The van der Waals surface area contributed by atoms with Gasteiger partial charge in [0.15, 0.2) is 23.1 Å². The van der Waals surface area contributed by atoms with E-state index in [1.807, 2.05) is 127 Å². The predicted molar refractivity (Wildman–Crippen MR) is 237 cm³/mol. The number of alkyl halides is 3. The van der Waals surface area contributed by atoms with Crippen molar-refractivity contribution in [3.63, 3.8) is 0 Å². The van der Waals surface area contributed by atoms with Crippen molar-refractivity contribution in [2.24, 2.45) is 0 Å². The Bertz CT molecular complexity index is 3860. The van der Waals surface area contributed by atoms with Crippen LogP contribution in [0.15, 0.2) is 174 Å². The number of halogens is 3. The molecule has 0 amide bonds. The van der Waals surface area contributed by atoms with E-state index < -0.39 is 11.7 Å². The molecule has 0 atom stereocenters. The number of hydrogen-bond donors (Lipinski definition) is 0. The number of para-hydroxylation sites is 4. The number of nitrogens with zero attached hydrogens (tertiary/aromatic N) is 5. The van der Waals surface area contributed by atoms with Gasteiger partial charge in [0.25, 0.3) is 0 Å². The summed E-state index contributed by atoms with van der Waals surface area (Å²) in [5.74, 6) is 0.781. The Kier molecular flexibility index (Phi) is 6.80. The SMILES string of the molecule is FC(F)(F)c1cc(-c2nc(-c3ccccc3)nc(-c3ccccc3)n2)c2c(oc3ccccc32)c1-n1c2ccccc2c2c3c4cccc5c6ccccc6n(c3ccc21)c54. The maximum absolute atomic E-state index is 16.2. The average Bonchev–Trinajstić information content (AvgIpc) is 4.05. The minimum Gasteiger partial charge on any atom is -0.454 e. The first kappa shape index (κ1) is 33.9. The Labute approximate surface area is 343 Å². The monoisotopic (exact) mass is 795 g/mol. The molecule has 8 aromatic carbocycles. The fourth-order valence-corrected chi connectivity index (χ4v) is 9.65. The molecule has 0 bridgehead atoms. The molecule has 5 aromatic heterocycles. The van der Waals surface area contributed by atoms with Crippen LogP contribution >= 0.6 is 0 Å². The Morgan fingerprint density at radius 3 is 1.72 bits per heavy atom. The smallest absolute Gasteiger partial charge is 0.418 e. The lowest BCUT2D eigenvalue weighted by Gasteiger charge is -2.18. The number of furan rings is 1. The predicted octanol–water partition coefficient (Wildman–Crippen LogP) is 14.0. The maximum atomic E-state index is 16.2. The van der Waals surface area contributed by atoms with Gasteiger partial charge in [0.2, 0.25) is 0 Å². The molecule has 0 aliphatic rings. The number of fused-ring (bicyclic) bond motifs is 13. The van der Waals surface area contributed by atoms with Crippen molar-refractivity contribution in [1.29, 1.82) is 0 Å². The van der Waals surface area contributed by atoms with Crippen LogP contribution in [-0.2, 0) is 6.18 Å². The molecule has 0 N–H and O–H groups in total. The van der Waals surface area contributed by atoms with Gasteiger partial charge in [0.05, 0.1) is 33.1 Å².